The number of hydrogen-bond donors (Lipinski definition) is 1. The van der Waals surface area contributed by atoms with Crippen LogP contribution in [0.3, 0.4) is 0 Å². The van der Waals surface area contributed by atoms with Crippen molar-refractivity contribution in [2.45, 2.75) is 19.5 Å². The first-order valence-electron chi connectivity index (χ1n) is 6.21. The van der Waals surface area contributed by atoms with Crippen LogP contribution in [0.25, 0.3) is 11.3 Å². The van der Waals surface area contributed by atoms with E-state index in [1.807, 2.05) is 6.92 Å². The van der Waals surface area contributed by atoms with Crippen molar-refractivity contribution in [2.24, 2.45) is 0 Å². The van der Waals surface area contributed by atoms with E-state index in [0.29, 0.717) is 13.0 Å². The van der Waals surface area contributed by atoms with Gasteiger partial charge < -0.3 is 5.32 Å². The van der Waals surface area contributed by atoms with E-state index in [-0.39, 0.29) is 17.2 Å². The zero-order valence-electron chi connectivity index (χ0n) is 11.1. The first-order valence-corrected chi connectivity index (χ1v) is 6.21. The van der Waals surface area contributed by atoms with E-state index < -0.39 is 17.7 Å². The fraction of sp³-hybridized carbons (Fsp3) is 0.308. The van der Waals surface area contributed by atoms with Gasteiger partial charge in [0.25, 0.3) is 0 Å². The Kier molecular flexibility index (Phi) is 4.35. The third-order valence-corrected chi connectivity index (χ3v) is 2.55. The Bertz CT molecular complexity index is 628. The van der Waals surface area contributed by atoms with E-state index in [0.717, 1.165) is 18.3 Å². The molecule has 0 spiro atoms. The zero-order chi connectivity index (χ0) is 15.5. The molecule has 0 bridgehead atoms. The van der Waals surface area contributed by atoms with Crippen molar-refractivity contribution in [3.05, 3.63) is 36.0 Å². The Morgan fingerprint density at radius 3 is 2.52 bits per heavy atom. The summed E-state index contributed by atoms with van der Waals surface area (Å²) in [5.74, 6) is -0.798. The third-order valence-electron chi connectivity index (χ3n) is 2.55. The van der Waals surface area contributed by atoms with E-state index in [9.17, 15) is 17.6 Å². The minimum absolute atomic E-state index is 0.0390. The molecule has 0 fully saturated rings. The standard InChI is InChI=1S/C13H12F4N4/c1-2-3-19-12-20-10(5-11(21-12)13(15,16)17)8-4-9(14)7-18-6-8/h4-7H,2-3H2,1H3,(H,19,20,21). The number of pyridine rings is 1. The van der Waals surface area contributed by atoms with Crippen LogP contribution in [0.4, 0.5) is 23.5 Å². The summed E-state index contributed by atoms with van der Waals surface area (Å²) in [5.41, 5.74) is -0.972. The number of nitrogens with zero attached hydrogens (tertiary/aromatic N) is 3. The van der Waals surface area contributed by atoms with Gasteiger partial charge in [-0.3, -0.25) is 4.98 Å². The summed E-state index contributed by atoms with van der Waals surface area (Å²) in [6.45, 7) is 2.29. The van der Waals surface area contributed by atoms with Crippen LogP contribution in [0, 0.1) is 5.82 Å². The average molecular weight is 300 g/mol. The first kappa shape index (κ1) is 15.1. The Balaban J connectivity index is 2.49. The fourth-order valence-corrected chi connectivity index (χ4v) is 1.61. The molecule has 8 heteroatoms. The molecule has 21 heavy (non-hydrogen) atoms. The van der Waals surface area contributed by atoms with Gasteiger partial charge in [0.2, 0.25) is 5.95 Å². The normalized spacial score (nSPS) is 11.5. The van der Waals surface area contributed by atoms with E-state index in [4.69, 9.17) is 0 Å². The molecule has 2 aromatic heterocycles. The van der Waals surface area contributed by atoms with E-state index in [1.165, 1.54) is 6.20 Å². The predicted molar refractivity (Wildman–Crippen MR) is 69.0 cm³/mol. The highest BCUT2D eigenvalue weighted by atomic mass is 19.4. The maximum absolute atomic E-state index is 13.1. The first-order chi connectivity index (χ1) is 9.90. The van der Waals surface area contributed by atoms with Crippen molar-refractivity contribution in [1.82, 2.24) is 15.0 Å². The van der Waals surface area contributed by atoms with Crippen LogP contribution in [0.2, 0.25) is 0 Å². The number of rotatable bonds is 4. The lowest BCUT2D eigenvalue weighted by atomic mass is 10.2. The second-order valence-corrected chi connectivity index (χ2v) is 4.28. The molecule has 0 aliphatic rings. The van der Waals surface area contributed by atoms with Crippen LogP contribution >= 0.6 is 0 Å². The molecular weight excluding hydrogens is 288 g/mol. The topological polar surface area (TPSA) is 50.7 Å². The molecule has 1 N–H and O–H groups in total. The summed E-state index contributed by atoms with van der Waals surface area (Å²) in [6.07, 6.45) is -1.70. The van der Waals surface area contributed by atoms with E-state index in [2.05, 4.69) is 20.3 Å². The highest BCUT2D eigenvalue weighted by Gasteiger charge is 2.33. The minimum Gasteiger partial charge on any atom is -0.354 e. The van der Waals surface area contributed by atoms with Gasteiger partial charge in [-0.05, 0) is 18.6 Å². The van der Waals surface area contributed by atoms with Crippen molar-refractivity contribution in [2.75, 3.05) is 11.9 Å². The van der Waals surface area contributed by atoms with E-state index >= 15 is 0 Å². The summed E-state index contributed by atoms with van der Waals surface area (Å²) in [7, 11) is 0. The lowest BCUT2D eigenvalue weighted by molar-refractivity contribution is -0.141. The molecule has 2 aromatic rings. The van der Waals surface area contributed by atoms with Gasteiger partial charge in [0.15, 0.2) is 5.69 Å². The van der Waals surface area contributed by atoms with Crippen molar-refractivity contribution < 1.29 is 17.6 Å². The lowest BCUT2D eigenvalue weighted by Crippen LogP contribution is -2.13. The molecule has 0 aliphatic heterocycles. The Hall–Kier alpha value is -2.25. The van der Waals surface area contributed by atoms with Crippen LogP contribution in [-0.2, 0) is 6.18 Å². The van der Waals surface area contributed by atoms with Gasteiger partial charge in [-0.25, -0.2) is 14.4 Å². The summed E-state index contributed by atoms with van der Waals surface area (Å²) in [6, 6.07) is 1.84. The molecule has 0 aliphatic carbocycles. The maximum Gasteiger partial charge on any atom is 0.433 e. The molecule has 2 rings (SSSR count). The van der Waals surface area contributed by atoms with Gasteiger partial charge in [0.1, 0.15) is 5.82 Å². The van der Waals surface area contributed by atoms with Gasteiger partial charge in [0.05, 0.1) is 11.9 Å². The van der Waals surface area contributed by atoms with Gasteiger partial charge in [-0.2, -0.15) is 13.2 Å². The number of hydrogen-bond acceptors (Lipinski definition) is 4. The van der Waals surface area contributed by atoms with Crippen molar-refractivity contribution >= 4 is 5.95 Å². The Morgan fingerprint density at radius 2 is 1.90 bits per heavy atom. The highest BCUT2D eigenvalue weighted by Crippen LogP contribution is 2.31. The van der Waals surface area contributed by atoms with Crippen LogP contribution in [-0.4, -0.2) is 21.5 Å². The highest BCUT2D eigenvalue weighted by molar-refractivity contribution is 5.60. The van der Waals surface area contributed by atoms with E-state index in [1.54, 1.807) is 0 Å². The number of aromatic nitrogens is 3. The van der Waals surface area contributed by atoms with Crippen LogP contribution in [0.5, 0.6) is 0 Å². The zero-order valence-corrected chi connectivity index (χ0v) is 11.1. The molecule has 2 heterocycles. The maximum atomic E-state index is 13.1. The largest absolute Gasteiger partial charge is 0.433 e. The molecule has 0 saturated heterocycles. The van der Waals surface area contributed by atoms with Crippen LogP contribution in [0.15, 0.2) is 24.5 Å². The second kappa shape index (κ2) is 6.02. The molecule has 0 saturated carbocycles. The predicted octanol–water partition coefficient (Wildman–Crippen LogP) is 3.52. The van der Waals surface area contributed by atoms with Crippen LogP contribution in [0.1, 0.15) is 19.0 Å². The third kappa shape index (κ3) is 3.87. The number of alkyl halides is 3. The quantitative estimate of drug-likeness (QED) is 0.878. The molecule has 0 radical (unpaired) electrons. The molecule has 4 nitrogen and oxygen atoms in total. The summed E-state index contributed by atoms with van der Waals surface area (Å²) in [5, 5.41) is 2.70. The number of anilines is 1. The molecule has 0 unspecified atom stereocenters. The molecular formula is C13H12F4N4. The van der Waals surface area contributed by atoms with Gasteiger partial charge in [0, 0.05) is 18.3 Å². The van der Waals surface area contributed by atoms with Crippen LogP contribution < -0.4 is 5.32 Å². The molecule has 0 amide bonds. The second-order valence-electron chi connectivity index (χ2n) is 4.28. The molecule has 112 valence electrons. The lowest BCUT2D eigenvalue weighted by Gasteiger charge is -2.11. The van der Waals surface area contributed by atoms with Crippen molar-refractivity contribution in [1.29, 1.82) is 0 Å². The Morgan fingerprint density at radius 1 is 1.14 bits per heavy atom. The SMILES string of the molecule is CCCNc1nc(-c2cncc(F)c2)cc(C(F)(F)F)n1. The average Bonchev–Trinajstić information content (AvgIpc) is 2.44. The fourth-order valence-electron chi connectivity index (χ4n) is 1.61. The minimum atomic E-state index is -4.61. The Labute approximate surface area is 118 Å². The van der Waals surface area contributed by atoms with Gasteiger partial charge in [-0.15, -0.1) is 0 Å². The van der Waals surface area contributed by atoms with Crippen molar-refractivity contribution in [3.63, 3.8) is 0 Å². The summed E-state index contributed by atoms with van der Waals surface area (Å²) < 4.78 is 51.7. The van der Waals surface area contributed by atoms with Gasteiger partial charge >= 0.3 is 6.18 Å². The number of halogens is 4. The van der Waals surface area contributed by atoms with Crippen molar-refractivity contribution in [3.8, 4) is 11.3 Å². The van der Waals surface area contributed by atoms with Gasteiger partial charge in [-0.1, -0.05) is 6.92 Å². The smallest absolute Gasteiger partial charge is 0.354 e. The summed E-state index contributed by atoms with van der Waals surface area (Å²) >= 11 is 0. The molecule has 0 atom stereocenters. The number of nitrogens with one attached hydrogen (secondary N) is 1. The summed E-state index contributed by atoms with van der Waals surface area (Å²) in [4.78, 5) is 11.0. The molecule has 0 aromatic carbocycles. The monoisotopic (exact) mass is 300 g/mol.